The number of nitrogens with one attached hydrogen (secondary N) is 1. The zero-order chi connectivity index (χ0) is 21.9. The van der Waals surface area contributed by atoms with Crippen molar-refractivity contribution in [2.75, 3.05) is 31.3 Å². The molecule has 1 amide bonds. The number of sulfonamides is 1. The Morgan fingerprint density at radius 3 is 2.60 bits per heavy atom. The molecule has 0 spiro atoms. The minimum atomic E-state index is -3.50. The molecule has 1 aliphatic heterocycles. The van der Waals surface area contributed by atoms with Gasteiger partial charge in [0, 0.05) is 18.5 Å². The average Bonchev–Trinajstić information content (AvgIpc) is 2.93. The third kappa shape index (κ3) is 4.62. The molecule has 0 radical (unpaired) electrons. The van der Waals surface area contributed by atoms with Gasteiger partial charge in [0.25, 0.3) is 5.91 Å². The fourth-order valence-electron chi connectivity index (χ4n) is 3.42. The van der Waals surface area contributed by atoms with Crippen molar-refractivity contribution in [3.63, 3.8) is 0 Å². The fourth-order valence-corrected chi connectivity index (χ4v) is 4.37. The normalized spacial score (nSPS) is 17.2. The number of benzene rings is 2. The van der Waals surface area contributed by atoms with Gasteiger partial charge in [0.1, 0.15) is 17.2 Å². The molecule has 8 nitrogen and oxygen atoms in total. The highest BCUT2D eigenvalue weighted by molar-refractivity contribution is 7.92. The van der Waals surface area contributed by atoms with Crippen LogP contribution in [-0.2, 0) is 14.8 Å². The maximum atomic E-state index is 13.0. The molecule has 1 heterocycles. The number of para-hydroxylation sites is 2. The van der Waals surface area contributed by atoms with Crippen LogP contribution in [0.25, 0.3) is 0 Å². The molecule has 2 aromatic carbocycles. The zero-order valence-electron chi connectivity index (χ0n) is 17.4. The highest BCUT2D eigenvalue weighted by atomic mass is 32.2. The lowest BCUT2D eigenvalue weighted by atomic mass is 10.1. The Morgan fingerprint density at radius 1 is 1.20 bits per heavy atom. The predicted octanol–water partition coefficient (Wildman–Crippen LogP) is 2.50. The number of methoxy groups -OCH3 is 2. The molecular formula is C21H26N2O6S. The Balaban J connectivity index is 1.81. The van der Waals surface area contributed by atoms with Crippen LogP contribution < -0.4 is 23.8 Å². The van der Waals surface area contributed by atoms with E-state index in [0.717, 1.165) is 11.8 Å². The molecule has 0 aromatic heterocycles. The molecule has 0 fully saturated rings. The summed E-state index contributed by atoms with van der Waals surface area (Å²) in [6, 6.07) is 11.8. The van der Waals surface area contributed by atoms with E-state index in [1.54, 1.807) is 56.7 Å². The Kier molecular flexibility index (Phi) is 6.40. The Morgan fingerprint density at radius 2 is 1.93 bits per heavy atom. The number of amides is 1. The van der Waals surface area contributed by atoms with E-state index in [9.17, 15) is 13.2 Å². The lowest BCUT2D eigenvalue weighted by molar-refractivity contribution is -0.128. The lowest BCUT2D eigenvalue weighted by Crippen LogP contribution is -2.40. The Labute approximate surface area is 176 Å². The molecule has 2 atom stereocenters. The van der Waals surface area contributed by atoms with Crippen LogP contribution in [0.5, 0.6) is 17.2 Å². The van der Waals surface area contributed by atoms with E-state index in [2.05, 4.69) is 5.32 Å². The standard InChI is InChI=1S/C21H26N2O6S/c1-14(16-13-15(27-2)9-10-18(16)28-3)22-21(24)20-11-12-23(30(4,25)26)17-7-5-6-8-19(17)29-20/h5-10,13-14,20H,11-12H2,1-4H3,(H,22,24)/t14-,20-/m1/s1. The van der Waals surface area contributed by atoms with Crippen LogP contribution in [0.15, 0.2) is 42.5 Å². The van der Waals surface area contributed by atoms with Gasteiger partial charge in [0.15, 0.2) is 6.10 Å². The average molecular weight is 435 g/mol. The zero-order valence-corrected chi connectivity index (χ0v) is 18.2. The summed E-state index contributed by atoms with van der Waals surface area (Å²) in [5.41, 5.74) is 1.19. The van der Waals surface area contributed by atoms with E-state index in [-0.39, 0.29) is 24.9 Å². The third-order valence-electron chi connectivity index (χ3n) is 4.95. The molecular weight excluding hydrogens is 408 g/mol. The van der Waals surface area contributed by atoms with Gasteiger partial charge in [0.05, 0.1) is 32.2 Å². The second-order valence-corrected chi connectivity index (χ2v) is 8.94. The largest absolute Gasteiger partial charge is 0.497 e. The Bertz CT molecular complexity index is 1020. The fraction of sp³-hybridized carbons (Fsp3) is 0.381. The van der Waals surface area contributed by atoms with E-state index in [1.165, 1.54) is 4.31 Å². The molecule has 2 aromatic rings. The van der Waals surface area contributed by atoms with E-state index in [1.807, 2.05) is 6.92 Å². The summed E-state index contributed by atoms with van der Waals surface area (Å²) in [7, 11) is -0.374. The van der Waals surface area contributed by atoms with Crippen LogP contribution in [0.4, 0.5) is 5.69 Å². The summed E-state index contributed by atoms with van der Waals surface area (Å²) in [6.45, 7) is 1.98. The number of ether oxygens (including phenoxy) is 3. The number of fused-ring (bicyclic) bond motifs is 1. The van der Waals surface area contributed by atoms with E-state index < -0.39 is 16.1 Å². The smallest absolute Gasteiger partial charge is 0.261 e. The summed E-state index contributed by atoms with van der Waals surface area (Å²) in [5.74, 6) is 1.29. The van der Waals surface area contributed by atoms with Gasteiger partial charge in [-0.2, -0.15) is 0 Å². The molecule has 0 unspecified atom stereocenters. The van der Waals surface area contributed by atoms with Crippen LogP contribution in [-0.4, -0.2) is 47.4 Å². The minimum absolute atomic E-state index is 0.144. The third-order valence-corrected chi connectivity index (χ3v) is 6.13. The van der Waals surface area contributed by atoms with Crippen molar-refractivity contribution in [2.24, 2.45) is 0 Å². The maximum absolute atomic E-state index is 13.0. The SMILES string of the molecule is COc1ccc(OC)c([C@@H](C)NC(=O)[C@H]2CCN(S(C)(=O)=O)c3ccccc3O2)c1. The first-order chi connectivity index (χ1) is 14.2. The molecule has 0 saturated heterocycles. The Hall–Kier alpha value is -2.94. The predicted molar refractivity (Wildman–Crippen MR) is 114 cm³/mol. The van der Waals surface area contributed by atoms with Gasteiger partial charge in [-0.05, 0) is 37.3 Å². The van der Waals surface area contributed by atoms with Crippen molar-refractivity contribution in [1.29, 1.82) is 0 Å². The van der Waals surface area contributed by atoms with E-state index in [4.69, 9.17) is 14.2 Å². The van der Waals surface area contributed by atoms with Crippen molar-refractivity contribution in [3.8, 4) is 17.2 Å². The first-order valence-corrected chi connectivity index (χ1v) is 11.3. The van der Waals surface area contributed by atoms with Crippen LogP contribution in [0.2, 0.25) is 0 Å². The van der Waals surface area contributed by atoms with E-state index >= 15 is 0 Å². The molecule has 3 rings (SSSR count). The number of carbonyl (C=O) groups excluding carboxylic acids is 1. The summed E-state index contributed by atoms with van der Waals surface area (Å²) in [5, 5.41) is 2.94. The second kappa shape index (κ2) is 8.83. The molecule has 162 valence electrons. The number of hydrogen-bond donors (Lipinski definition) is 1. The topological polar surface area (TPSA) is 94.2 Å². The molecule has 30 heavy (non-hydrogen) atoms. The molecule has 1 aliphatic rings. The van der Waals surface area contributed by atoms with Crippen molar-refractivity contribution in [2.45, 2.75) is 25.5 Å². The van der Waals surface area contributed by atoms with Gasteiger partial charge >= 0.3 is 0 Å². The first kappa shape index (κ1) is 21.8. The lowest BCUT2D eigenvalue weighted by Gasteiger charge is -2.22. The highest BCUT2D eigenvalue weighted by Gasteiger charge is 2.31. The number of carbonyl (C=O) groups is 1. The van der Waals surface area contributed by atoms with Crippen LogP contribution in [0.3, 0.4) is 0 Å². The summed E-state index contributed by atoms with van der Waals surface area (Å²) < 4.78 is 42.3. The van der Waals surface area contributed by atoms with Crippen molar-refractivity contribution in [1.82, 2.24) is 5.32 Å². The quantitative estimate of drug-likeness (QED) is 0.751. The van der Waals surface area contributed by atoms with Crippen molar-refractivity contribution < 1.29 is 27.4 Å². The van der Waals surface area contributed by atoms with E-state index in [0.29, 0.717) is 22.9 Å². The van der Waals surface area contributed by atoms with Crippen LogP contribution in [0, 0.1) is 0 Å². The number of anilines is 1. The second-order valence-electron chi connectivity index (χ2n) is 7.04. The number of rotatable bonds is 6. The summed E-state index contributed by atoms with van der Waals surface area (Å²) in [6.07, 6.45) is 0.522. The van der Waals surface area contributed by atoms with Crippen molar-refractivity contribution >= 4 is 21.6 Å². The van der Waals surface area contributed by atoms with Crippen LogP contribution >= 0.6 is 0 Å². The number of hydrogen-bond acceptors (Lipinski definition) is 6. The minimum Gasteiger partial charge on any atom is -0.497 e. The molecule has 0 aliphatic carbocycles. The first-order valence-electron chi connectivity index (χ1n) is 9.50. The monoisotopic (exact) mass is 434 g/mol. The van der Waals surface area contributed by atoms with Gasteiger partial charge < -0.3 is 19.5 Å². The molecule has 0 bridgehead atoms. The van der Waals surface area contributed by atoms with Crippen molar-refractivity contribution in [3.05, 3.63) is 48.0 Å². The van der Waals surface area contributed by atoms with Gasteiger partial charge in [-0.25, -0.2) is 8.42 Å². The summed E-state index contributed by atoms with van der Waals surface area (Å²) >= 11 is 0. The summed E-state index contributed by atoms with van der Waals surface area (Å²) in [4.78, 5) is 13.0. The molecule has 9 heteroatoms. The highest BCUT2D eigenvalue weighted by Crippen LogP contribution is 2.34. The van der Waals surface area contributed by atoms with Gasteiger partial charge in [-0.15, -0.1) is 0 Å². The van der Waals surface area contributed by atoms with Gasteiger partial charge in [-0.3, -0.25) is 9.10 Å². The van der Waals surface area contributed by atoms with Gasteiger partial charge in [-0.1, -0.05) is 12.1 Å². The number of nitrogens with zero attached hydrogens (tertiary/aromatic N) is 1. The maximum Gasteiger partial charge on any atom is 0.261 e. The van der Waals surface area contributed by atoms with Gasteiger partial charge in [0.2, 0.25) is 10.0 Å². The molecule has 1 N–H and O–H groups in total. The van der Waals surface area contributed by atoms with Crippen LogP contribution in [0.1, 0.15) is 24.9 Å². The molecule has 0 saturated carbocycles.